The van der Waals surface area contributed by atoms with Crippen molar-refractivity contribution in [2.24, 2.45) is 0 Å². The summed E-state index contributed by atoms with van der Waals surface area (Å²) in [6.07, 6.45) is 5.05. The summed E-state index contributed by atoms with van der Waals surface area (Å²) in [5.41, 5.74) is 0. The zero-order valence-electron chi connectivity index (χ0n) is 7.75. The van der Waals surface area contributed by atoms with Gasteiger partial charge in [-0.3, -0.25) is 4.79 Å². The summed E-state index contributed by atoms with van der Waals surface area (Å²) < 4.78 is 4.68. The Hall–Kier alpha value is -1.05. The molecule has 0 aromatic carbocycles. The molecule has 0 fully saturated rings. The molecule has 0 saturated heterocycles. The van der Waals surface area contributed by atoms with E-state index < -0.39 is 6.10 Å². The van der Waals surface area contributed by atoms with Gasteiger partial charge in [-0.05, 0) is 0 Å². The molecule has 0 spiro atoms. The summed E-state index contributed by atoms with van der Waals surface area (Å²) in [5.74, 6) is 2.22. The van der Waals surface area contributed by atoms with Crippen molar-refractivity contribution >= 4 is 5.91 Å². The summed E-state index contributed by atoms with van der Waals surface area (Å²) in [5, 5.41) is 11.7. The number of terminal acetylenes is 1. The molecule has 4 heteroatoms. The van der Waals surface area contributed by atoms with Crippen LogP contribution in [0.15, 0.2) is 0 Å². The smallest absolute Gasteiger partial charge is 0.221 e. The third kappa shape index (κ3) is 7.32. The number of amides is 1. The van der Waals surface area contributed by atoms with Crippen LogP contribution in [0.1, 0.15) is 12.8 Å². The lowest BCUT2D eigenvalue weighted by Gasteiger charge is -2.09. The van der Waals surface area contributed by atoms with Gasteiger partial charge in [0.05, 0.1) is 12.7 Å². The highest BCUT2D eigenvalue weighted by Crippen LogP contribution is 1.87. The average Bonchev–Trinajstić information content (AvgIpc) is 2.12. The largest absolute Gasteiger partial charge is 0.389 e. The van der Waals surface area contributed by atoms with Crippen molar-refractivity contribution in [1.29, 1.82) is 0 Å². The minimum absolute atomic E-state index is 0.145. The number of rotatable bonds is 6. The fraction of sp³-hybridized carbons (Fsp3) is 0.667. The second kappa shape index (κ2) is 7.59. The van der Waals surface area contributed by atoms with E-state index in [-0.39, 0.29) is 19.1 Å². The van der Waals surface area contributed by atoms with Crippen molar-refractivity contribution < 1.29 is 14.6 Å². The predicted molar refractivity (Wildman–Crippen MR) is 49.0 cm³/mol. The number of carbonyl (C=O) groups excluding carboxylic acids is 1. The minimum Gasteiger partial charge on any atom is -0.389 e. The molecule has 0 radical (unpaired) electrons. The molecular formula is C9H15NO3. The second-order valence-electron chi connectivity index (χ2n) is 2.62. The lowest BCUT2D eigenvalue weighted by molar-refractivity contribution is -0.121. The van der Waals surface area contributed by atoms with Gasteiger partial charge in [0, 0.05) is 26.5 Å². The van der Waals surface area contributed by atoms with Crippen LogP contribution in [0.5, 0.6) is 0 Å². The molecule has 0 rings (SSSR count). The monoisotopic (exact) mass is 185 g/mol. The van der Waals surface area contributed by atoms with E-state index in [0.717, 1.165) is 0 Å². The Bertz CT molecular complexity index is 186. The Morgan fingerprint density at radius 1 is 1.77 bits per heavy atom. The first-order chi connectivity index (χ1) is 6.20. The molecule has 13 heavy (non-hydrogen) atoms. The van der Waals surface area contributed by atoms with Crippen LogP contribution in [0.3, 0.4) is 0 Å². The lowest BCUT2D eigenvalue weighted by atomic mass is 10.3. The molecule has 1 unspecified atom stereocenters. The van der Waals surface area contributed by atoms with Crippen molar-refractivity contribution in [3.05, 3.63) is 0 Å². The van der Waals surface area contributed by atoms with Gasteiger partial charge in [0.15, 0.2) is 0 Å². The number of aliphatic hydroxyl groups is 1. The first kappa shape index (κ1) is 11.9. The molecule has 0 heterocycles. The Balaban J connectivity index is 3.41. The van der Waals surface area contributed by atoms with Crippen LogP contribution in [0.4, 0.5) is 0 Å². The van der Waals surface area contributed by atoms with Gasteiger partial charge in [0.1, 0.15) is 0 Å². The Morgan fingerprint density at radius 2 is 2.46 bits per heavy atom. The number of aliphatic hydroxyl groups excluding tert-OH is 1. The number of hydrogen-bond donors (Lipinski definition) is 2. The van der Waals surface area contributed by atoms with Crippen LogP contribution in [0, 0.1) is 12.3 Å². The highest BCUT2D eigenvalue weighted by molar-refractivity contribution is 5.76. The highest BCUT2D eigenvalue weighted by atomic mass is 16.5. The van der Waals surface area contributed by atoms with Crippen LogP contribution in [-0.2, 0) is 9.53 Å². The summed E-state index contributed by atoms with van der Waals surface area (Å²) in [6.45, 7) is 0.423. The van der Waals surface area contributed by atoms with Gasteiger partial charge in [-0.15, -0.1) is 12.3 Å². The number of nitrogens with one attached hydrogen (secondary N) is 1. The molecule has 1 amide bonds. The molecule has 1 atom stereocenters. The van der Waals surface area contributed by atoms with Crippen LogP contribution < -0.4 is 5.32 Å². The van der Waals surface area contributed by atoms with Crippen LogP contribution >= 0.6 is 0 Å². The Labute approximate surface area is 78.3 Å². The quantitative estimate of drug-likeness (QED) is 0.550. The van der Waals surface area contributed by atoms with E-state index >= 15 is 0 Å². The summed E-state index contributed by atoms with van der Waals surface area (Å²) in [7, 11) is 1.49. The maximum absolute atomic E-state index is 11.0. The van der Waals surface area contributed by atoms with Gasteiger partial charge in [0.25, 0.3) is 0 Å². The summed E-state index contributed by atoms with van der Waals surface area (Å²) >= 11 is 0. The molecule has 2 N–H and O–H groups in total. The van der Waals surface area contributed by atoms with Crippen molar-refractivity contribution in [1.82, 2.24) is 5.32 Å². The van der Waals surface area contributed by atoms with Crippen LogP contribution in [0.2, 0.25) is 0 Å². The topological polar surface area (TPSA) is 58.6 Å². The standard InChI is InChI=1S/C9H15NO3/c1-3-4-5-9(12)10-6-8(11)7-13-2/h1,8,11H,4-7H2,2H3,(H,10,12). The van der Waals surface area contributed by atoms with E-state index in [0.29, 0.717) is 12.8 Å². The van der Waals surface area contributed by atoms with Gasteiger partial charge < -0.3 is 15.2 Å². The number of ether oxygens (including phenoxy) is 1. The lowest BCUT2D eigenvalue weighted by Crippen LogP contribution is -2.34. The minimum atomic E-state index is -0.653. The van der Waals surface area contributed by atoms with E-state index in [9.17, 15) is 4.79 Å². The molecule has 0 aromatic rings. The Kier molecular flexibility index (Phi) is 6.98. The van der Waals surface area contributed by atoms with Crippen molar-refractivity contribution in [3.8, 4) is 12.3 Å². The van der Waals surface area contributed by atoms with Gasteiger partial charge in [-0.25, -0.2) is 0 Å². The first-order valence-corrected chi connectivity index (χ1v) is 4.08. The molecule has 0 saturated carbocycles. The molecule has 4 nitrogen and oxygen atoms in total. The summed E-state index contributed by atoms with van der Waals surface area (Å²) in [4.78, 5) is 11.0. The highest BCUT2D eigenvalue weighted by Gasteiger charge is 2.05. The van der Waals surface area contributed by atoms with E-state index in [4.69, 9.17) is 11.5 Å². The normalized spacial score (nSPS) is 11.8. The van der Waals surface area contributed by atoms with Gasteiger partial charge in [-0.1, -0.05) is 0 Å². The van der Waals surface area contributed by atoms with Gasteiger partial charge in [0.2, 0.25) is 5.91 Å². The second-order valence-corrected chi connectivity index (χ2v) is 2.62. The molecule has 0 aromatic heterocycles. The Morgan fingerprint density at radius 3 is 3.00 bits per heavy atom. The van der Waals surface area contributed by atoms with Crippen molar-refractivity contribution in [3.63, 3.8) is 0 Å². The fourth-order valence-electron chi connectivity index (χ4n) is 0.757. The maximum atomic E-state index is 11.0. The van der Waals surface area contributed by atoms with Crippen molar-refractivity contribution in [2.45, 2.75) is 18.9 Å². The maximum Gasteiger partial charge on any atom is 0.221 e. The van der Waals surface area contributed by atoms with E-state index in [1.807, 2.05) is 0 Å². The predicted octanol–water partition coefficient (Wildman–Crippen LogP) is -0.477. The first-order valence-electron chi connectivity index (χ1n) is 4.08. The number of methoxy groups -OCH3 is 1. The molecule has 0 aliphatic rings. The molecule has 74 valence electrons. The molecular weight excluding hydrogens is 170 g/mol. The van der Waals surface area contributed by atoms with E-state index in [1.54, 1.807) is 0 Å². The number of hydrogen-bond acceptors (Lipinski definition) is 3. The fourth-order valence-corrected chi connectivity index (χ4v) is 0.757. The van der Waals surface area contributed by atoms with Gasteiger partial charge >= 0.3 is 0 Å². The molecule has 0 aliphatic heterocycles. The zero-order valence-corrected chi connectivity index (χ0v) is 7.75. The van der Waals surface area contributed by atoms with Crippen LogP contribution in [0.25, 0.3) is 0 Å². The molecule has 0 aliphatic carbocycles. The van der Waals surface area contributed by atoms with Crippen LogP contribution in [-0.4, -0.2) is 37.4 Å². The third-order valence-corrected chi connectivity index (χ3v) is 1.39. The van der Waals surface area contributed by atoms with Gasteiger partial charge in [-0.2, -0.15) is 0 Å². The van der Waals surface area contributed by atoms with Crippen molar-refractivity contribution in [2.75, 3.05) is 20.3 Å². The zero-order chi connectivity index (χ0) is 10.1. The van der Waals surface area contributed by atoms with E-state index in [2.05, 4.69) is 16.0 Å². The average molecular weight is 185 g/mol. The third-order valence-electron chi connectivity index (χ3n) is 1.39. The SMILES string of the molecule is C#CCCC(=O)NCC(O)COC. The summed E-state index contributed by atoms with van der Waals surface area (Å²) in [6, 6.07) is 0. The van der Waals surface area contributed by atoms with E-state index in [1.165, 1.54) is 7.11 Å². The number of carbonyl (C=O) groups is 1. The molecule has 0 bridgehead atoms.